The summed E-state index contributed by atoms with van der Waals surface area (Å²) >= 11 is 0. The lowest BCUT2D eigenvalue weighted by Gasteiger charge is -2.32. The standard InChI is InChI=1S/C16H21NO4/c1-11(12-5-7-14(21-2)8-6-12)15(18)17-9-3-4-13(10-17)16(19)20/h5-8,11,13H,3-4,9-10H2,1-2H3,(H,19,20). The number of ether oxygens (including phenoxy) is 1. The number of hydrogen-bond acceptors (Lipinski definition) is 3. The maximum Gasteiger partial charge on any atom is 0.308 e. The number of benzene rings is 1. The van der Waals surface area contributed by atoms with Crippen LogP contribution in [-0.4, -0.2) is 42.1 Å². The van der Waals surface area contributed by atoms with Crippen LogP contribution in [-0.2, 0) is 9.59 Å². The van der Waals surface area contributed by atoms with Gasteiger partial charge in [-0.3, -0.25) is 9.59 Å². The summed E-state index contributed by atoms with van der Waals surface area (Å²) in [7, 11) is 1.60. The van der Waals surface area contributed by atoms with E-state index in [0.717, 1.165) is 17.7 Å². The van der Waals surface area contributed by atoms with E-state index in [9.17, 15) is 9.59 Å². The number of aliphatic carboxylic acids is 1. The minimum Gasteiger partial charge on any atom is -0.497 e. The van der Waals surface area contributed by atoms with Crippen LogP contribution in [0, 0.1) is 5.92 Å². The number of carboxylic acids is 1. The van der Waals surface area contributed by atoms with Crippen molar-refractivity contribution in [2.24, 2.45) is 5.92 Å². The fraction of sp³-hybridized carbons (Fsp3) is 0.500. The fourth-order valence-corrected chi connectivity index (χ4v) is 2.69. The lowest BCUT2D eigenvalue weighted by molar-refractivity contribution is -0.146. The molecule has 2 rings (SSSR count). The first-order valence-electron chi connectivity index (χ1n) is 7.18. The maximum atomic E-state index is 12.5. The summed E-state index contributed by atoms with van der Waals surface area (Å²) in [4.78, 5) is 25.3. The van der Waals surface area contributed by atoms with Crippen molar-refractivity contribution >= 4 is 11.9 Å². The van der Waals surface area contributed by atoms with Crippen molar-refractivity contribution in [1.29, 1.82) is 0 Å². The Morgan fingerprint density at radius 1 is 1.33 bits per heavy atom. The Kier molecular flexibility index (Phi) is 4.83. The van der Waals surface area contributed by atoms with Crippen molar-refractivity contribution in [3.8, 4) is 5.75 Å². The van der Waals surface area contributed by atoms with Crippen LogP contribution in [0.15, 0.2) is 24.3 Å². The zero-order valence-electron chi connectivity index (χ0n) is 12.4. The Labute approximate surface area is 124 Å². The Hall–Kier alpha value is -2.04. The number of amides is 1. The lowest BCUT2D eigenvalue weighted by atomic mass is 9.94. The highest BCUT2D eigenvalue weighted by Crippen LogP contribution is 2.24. The van der Waals surface area contributed by atoms with Crippen LogP contribution in [0.1, 0.15) is 31.2 Å². The van der Waals surface area contributed by atoms with E-state index in [0.29, 0.717) is 19.5 Å². The minimum absolute atomic E-state index is 0.00823. The lowest BCUT2D eigenvalue weighted by Crippen LogP contribution is -2.43. The number of hydrogen-bond donors (Lipinski definition) is 1. The van der Waals surface area contributed by atoms with Crippen molar-refractivity contribution < 1.29 is 19.4 Å². The van der Waals surface area contributed by atoms with Crippen LogP contribution in [0.2, 0.25) is 0 Å². The van der Waals surface area contributed by atoms with Crippen molar-refractivity contribution in [3.63, 3.8) is 0 Å². The number of rotatable bonds is 4. The summed E-state index contributed by atoms with van der Waals surface area (Å²) in [5.41, 5.74) is 0.915. The van der Waals surface area contributed by atoms with Gasteiger partial charge in [0.05, 0.1) is 18.9 Å². The highest BCUT2D eigenvalue weighted by Gasteiger charge is 2.30. The third-order valence-corrected chi connectivity index (χ3v) is 4.07. The number of methoxy groups -OCH3 is 1. The van der Waals surface area contributed by atoms with E-state index >= 15 is 0 Å². The molecule has 5 heteroatoms. The molecule has 0 spiro atoms. The molecule has 1 amide bonds. The molecule has 1 aliphatic heterocycles. The first kappa shape index (κ1) is 15.4. The van der Waals surface area contributed by atoms with Gasteiger partial charge in [-0.1, -0.05) is 12.1 Å². The zero-order valence-corrected chi connectivity index (χ0v) is 12.4. The van der Waals surface area contributed by atoms with Gasteiger partial charge >= 0.3 is 5.97 Å². The molecule has 1 aromatic carbocycles. The van der Waals surface area contributed by atoms with Gasteiger partial charge in [0.1, 0.15) is 5.75 Å². The predicted octanol–water partition coefficient (Wildman–Crippen LogP) is 2.12. The van der Waals surface area contributed by atoms with Gasteiger partial charge in [-0.2, -0.15) is 0 Å². The average Bonchev–Trinajstić information content (AvgIpc) is 2.53. The van der Waals surface area contributed by atoms with Gasteiger partial charge in [0.2, 0.25) is 5.91 Å². The predicted molar refractivity (Wildman–Crippen MR) is 78.3 cm³/mol. The van der Waals surface area contributed by atoms with Gasteiger partial charge < -0.3 is 14.7 Å². The second-order valence-electron chi connectivity index (χ2n) is 5.46. The molecule has 1 heterocycles. The molecular weight excluding hydrogens is 270 g/mol. The molecule has 21 heavy (non-hydrogen) atoms. The molecule has 1 N–H and O–H groups in total. The summed E-state index contributed by atoms with van der Waals surface area (Å²) in [6.07, 6.45) is 1.40. The molecule has 1 aromatic rings. The highest BCUT2D eigenvalue weighted by atomic mass is 16.5. The monoisotopic (exact) mass is 291 g/mol. The van der Waals surface area contributed by atoms with Gasteiger partial charge in [-0.15, -0.1) is 0 Å². The highest BCUT2D eigenvalue weighted by molar-refractivity contribution is 5.84. The molecule has 0 saturated carbocycles. The van der Waals surface area contributed by atoms with E-state index in [2.05, 4.69) is 0 Å². The second kappa shape index (κ2) is 6.61. The molecule has 0 aliphatic carbocycles. The van der Waals surface area contributed by atoms with Gasteiger partial charge in [0, 0.05) is 13.1 Å². The third kappa shape index (κ3) is 3.54. The molecule has 1 fully saturated rings. The molecule has 114 valence electrons. The van der Waals surface area contributed by atoms with Crippen molar-refractivity contribution in [2.75, 3.05) is 20.2 Å². The number of carbonyl (C=O) groups excluding carboxylic acids is 1. The molecule has 0 bridgehead atoms. The van der Waals surface area contributed by atoms with Gasteiger partial charge in [-0.05, 0) is 37.5 Å². The molecule has 1 aliphatic rings. The number of likely N-dealkylation sites (tertiary alicyclic amines) is 1. The number of piperidine rings is 1. The first-order valence-corrected chi connectivity index (χ1v) is 7.18. The number of carbonyl (C=O) groups is 2. The van der Waals surface area contributed by atoms with Gasteiger partial charge in [0.25, 0.3) is 0 Å². The Morgan fingerprint density at radius 2 is 2.00 bits per heavy atom. The van der Waals surface area contributed by atoms with Gasteiger partial charge in [-0.25, -0.2) is 0 Å². The quantitative estimate of drug-likeness (QED) is 0.922. The van der Waals surface area contributed by atoms with E-state index in [1.54, 1.807) is 12.0 Å². The average molecular weight is 291 g/mol. The normalized spacial score (nSPS) is 19.9. The van der Waals surface area contributed by atoms with Crippen LogP contribution >= 0.6 is 0 Å². The number of carboxylic acid groups (broad SMARTS) is 1. The fourth-order valence-electron chi connectivity index (χ4n) is 2.69. The van der Waals surface area contributed by atoms with Crippen molar-refractivity contribution in [3.05, 3.63) is 29.8 Å². The molecule has 0 radical (unpaired) electrons. The zero-order chi connectivity index (χ0) is 15.4. The van der Waals surface area contributed by atoms with Crippen molar-refractivity contribution in [2.45, 2.75) is 25.7 Å². The SMILES string of the molecule is COc1ccc(C(C)C(=O)N2CCCC(C(=O)O)C2)cc1. The molecule has 2 atom stereocenters. The molecule has 1 saturated heterocycles. The van der Waals surface area contributed by atoms with E-state index < -0.39 is 11.9 Å². The second-order valence-corrected chi connectivity index (χ2v) is 5.46. The van der Waals surface area contributed by atoms with E-state index in [-0.39, 0.29) is 11.8 Å². The first-order chi connectivity index (χ1) is 10.0. The summed E-state index contributed by atoms with van der Waals surface area (Å²) in [5.74, 6) is -0.785. The molecule has 5 nitrogen and oxygen atoms in total. The molecular formula is C16H21NO4. The Morgan fingerprint density at radius 3 is 2.57 bits per heavy atom. The largest absolute Gasteiger partial charge is 0.497 e. The maximum absolute atomic E-state index is 12.5. The Balaban J connectivity index is 2.05. The topological polar surface area (TPSA) is 66.8 Å². The summed E-state index contributed by atoms with van der Waals surface area (Å²) < 4.78 is 5.11. The van der Waals surface area contributed by atoms with Gasteiger partial charge in [0.15, 0.2) is 0 Å². The Bertz CT molecular complexity index is 512. The smallest absolute Gasteiger partial charge is 0.308 e. The van der Waals surface area contributed by atoms with Crippen LogP contribution < -0.4 is 4.74 Å². The van der Waals surface area contributed by atoms with E-state index in [4.69, 9.17) is 9.84 Å². The molecule has 0 aromatic heterocycles. The third-order valence-electron chi connectivity index (χ3n) is 4.07. The van der Waals surface area contributed by atoms with Crippen LogP contribution in [0.25, 0.3) is 0 Å². The molecule has 2 unspecified atom stereocenters. The summed E-state index contributed by atoms with van der Waals surface area (Å²) in [6, 6.07) is 7.41. The minimum atomic E-state index is -0.815. The van der Waals surface area contributed by atoms with Crippen LogP contribution in [0.5, 0.6) is 5.75 Å². The van der Waals surface area contributed by atoms with Crippen LogP contribution in [0.4, 0.5) is 0 Å². The van der Waals surface area contributed by atoms with E-state index in [1.807, 2.05) is 31.2 Å². The summed E-state index contributed by atoms with van der Waals surface area (Å²) in [5, 5.41) is 9.10. The van der Waals surface area contributed by atoms with E-state index in [1.165, 1.54) is 0 Å². The summed E-state index contributed by atoms with van der Waals surface area (Å²) in [6.45, 7) is 2.81. The van der Waals surface area contributed by atoms with Crippen molar-refractivity contribution in [1.82, 2.24) is 4.90 Å². The number of nitrogens with zero attached hydrogens (tertiary/aromatic N) is 1. The van der Waals surface area contributed by atoms with Crippen LogP contribution in [0.3, 0.4) is 0 Å².